The Bertz CT molecular complexity index is 1790. The summed E-state index contributed by atoms with van der Waals surface area (Å²) >= 11 is 0. The maximum absolute atomic E-state index is 13.0. The van der Waals surface area contributed by atoms with Crippen molar-refractivity contribution in [3.63, 3.8) is 0 Å². The van der Waals surface area contributed by atoms with E-state index >= 15 is 0 Å². The first-order chi connectivity index (χ1) is 23.6. The maximum Gasteiger partial charge on any atom is 0.338 e. The number of aromatic hydroxyl groups is 4. The summed E-state index contributed by atoms with van der Waals surface area (Å²) in [4.78, 5) is 26.0. The molecule has 1 aliphatic heterocycles. The van der Waals surface area contributed by atoms with Gasteiger partial charge in [0.05, 0.1) is 33.3 Å². The molecule has 13 heteroatoms. The minimum absolute atomic E-state index is 0.0124. The van der Waals surface area contributed by atoms with Gasteiger partial charge in [0.2, 0.25) is 5.75 Å². The number of carbonyl (C=O) groups excluding carboxylic acids is 2. The van der Waals surface area contributed by atoms with Gasteiger partial charge in [0.15, 0.2) is 34.9 Å². The summed E-state index contributed by atoms with van der Waals surface area (Å²) < 4.78 is 41.1. The number of ether oxygens (including phenoxy) is 7. The lowest BCUT2D eigenvalue weighted by atomic mass is 9.95. The summed E-state index contributed by atoms with van der Waals surface area (Å²) in [6.45, 7) is 1.68. The summed E-state index contributed by atoms with van der Waals surface area (Å²) in [5.41, 5.74) is 1.19. The number of rotatable bonds is 13. The molecular weight excluding hydrogens is 640 g/mol. The number of hydrogen-bond acceptors (Lipinski definition) is 13. The molecule has 0 saturated carbocycles. The molecule has 0 radical (unpaired) electrons. The second-order valence-electron chi connectivity index (χ2n) is 10.9. The summed E-state index contributed by atoms with van der Waals surface area (Å²) in [6.07, 6.45) is -2.87. The Kier molecular flexibility index (Phi) is 10.5. The molecular formula is C36H36O13. The molecule has 4 aromatic carbocycles. The van der Waals surface area contributed by atoms with Crippen LogP contribution in [-0.4, -0.2) is 72.8 Å². The van der Waals surface area contributed by atoms with Crippen LogP contribution in [0.2, 0.25) is 0 Å². The number of benzene rings is 4. The van der Waals surface area contributed by atoms with Gasteiger partial charge >= 0.3 is 5.97 Å². The predicted molar refractivity (Wildman–Crippen MR) is 173 cm³/mol. The van der Waals surface area contributed by atoms with Crippen molar-refractivity contribution in [3.05, 3.63) is 89.0 Å². The van der Waals surface area contributed by atoms with Crippen LogP contribution in [0.15, 0.2) is 66.7 Å². The zero-order valence-corrected chi connectivity index (χ0v) is 27.2. The van der Waals surface area contributed by atoms with Gasteiger partial charge in [0.25, 0.3) is 0 Å². The topological polar surface area (TPSA) is 180 Å². The zero-order chi connectivity index (χ0) is 35.2. The van der Waals surface area contributed by atoms with E-state index in [1.807, 2.05) is 0 Å². The molecule has 13 nitrogen and oxygen atoms in total. The highest BCUT2D eigenvalue weighted by Gasteiger charge is 2.34. The molecule has 4 aromatic rings. The van der Waals surface area contributed by atoms with E-state index < -0.39 is 24.3 Å². The minimum atomic E-state index is -1.03. The first-order valence-electron chi connectivity index (χ1n) is 15.2. The molecule has 1 aliphatic rings. The van der Waals surface area contributed by atoms with Gasteiger partial charge in [0.1, 0.15) is 47.4 Å². The minimum Gasteiger partial charge on any atom is -0.508 e. The van der Waals surface area contributed by atoms with Crippen LogP contribution in [0.3, 0.4) is 0 Å². The van der Waals surface area contributed by atoms with E-state index in [0.717, 1.165) is 6.07 Å². The number of ketones is 1. The fourth-order valence-electron chi connectivity index (χ4n) is 5.46. The van der Waals surface area contributed by atoms with E-state index in [0.29, 0.717) is 11.1 Å². The SMILES string of the molecule is CCO[C@@H](c1ccc(O)c(OC)c1)[C@@H](COC(=O)c1ccc(O)cc1)Oc1c(OC)cc([C@@H]2CC(=O)c3c(O)cc(O)cc3O2)cc1OC. The van der Waals surface area contributed by atoms with Crippen LogP contribution in [0, 0.1) is 0 Å². The molecule has 0 aliphatic carbocycles. The average molecular weight is 677 g/mol. The van der Waals surface area contributed by atoms with E-state index in [-0.39, 0.29) is 88.3 Å². The Balaban J connectivity index is 1.52. The van der Waals surface area contributed by atoms with E-state index in [1.165, 1.54) is 57.7 Å². The van der Waals surface area contributed by atoms with Gasteiger partial charge in [-0.3, -0.25) is 4.79 Å². The molecule has 0 bridgehead atoms. The van der Waals surface area contributed by atoms with Crippen molar-refractivity contribution in [3.8, 4) is 51.7 Å². The Morgan fingerprint density at radius 2 is 1.51 bits per heavy atom. The molecule has 3 atom stereocenters. The summed E-state index contributed by atoms with van der Waals surface area (Å²) in [6, 6.07) is 15.7. The number of phenols is 4. The van der Waals surface area contributed by atoms with Gasteiger partial charge in [0, 0.05) is 24.3 Å². The number of phenolic OH excluding ortho intramolecular Hbond substituents is 4. The Labute approximate surface area is 281 Å². The fourth-order valence-corrected chi connectivity index (χ4v) is 5.46. The maximum atomic E-state index is 13.0. The van der Waals surface area contributed by atoms with Gasteiger partial charge in [-0.15, -0.1) is 0 Å². The van der Waals surface area contributed by atoms with Crippen LogP contribution < -0.4 is 23.7 Å². The van der Waals surface area contributed by atoms with Crippen molar-refractivity contribution in [1.82, 2.24) is 0 Å². The van der Waals surface area contributed by atoms with E-state index in [4.69, 9.17) is 33.2 Å². The zero-order valence-electron chi connectivity index (χ0n) is 27.2. The van der Waals surface area contributed by atoms with Crippen LogP contribution in [0.5, 0.6) is 51.7 Å². The summed E-state index contributed by atoms with van der Waals surface area (Å²) in [5, 5.41) is 40.1. The van der Waals surface area contributed by atoms with Crippen LogP contribution in [0.1, 0.15) is 57.4 Å². The van der Waals surface area contributed by atoms with E-state index in [2.05, 4.69) is 0 Å². The second kappa shape index (κ2) is 14.9. The predicted octanol–water partition coefficient (Wildman–Crippen LogP) is 5.62. The number of esters is 1. The molecule has 4 N–H and O–H groups in total. The van der Waals surface area contributed by atoms with Crippen LogP contribution in [0.4, 0.5) is 0 Å². The molecule has 0 aromatic heterocycles. The standard InChI is InChI=1S/C36H36O13/c1-5-46-34(20-8-11-24(39)28(12-20)43-2)32(18-47-36(42)19-6-9-22(37)10-7-19)49-35-30(44-3)13-21(14-31(35)45-4)27-17-26(41)33-25(40)15-23(38)16-29(33)48-27/h6-16,27,32,34,37-40H,5,17-18H2,1-4H3/t27-,32+,34-/m0/s1. The monoisotopic (exact) mass is 676 g/mol. The van der Waals surface area contributed by atoms with Gasteiger partial charge in [-0.25, -0.2) is 4.79 Å². The molecule has 258 valence electrons. The summed E-state index contributed by atoms with van der Waals surface area (Å²) in [7, 11) is 4.23. The average Bonchev–Trinajstić information content (AvgIpc) is 3.08. The van der Waals surface area contributed by atoms with Crippen molar-refractivity contribution in [2.75, 3.05) is 34.5 Å². The lowest BCUT2D eigenvalue weighted by Gasteiger charge is -2.30. The normalized spacial score (nSPS) is 14.9. The third-order valence-electron chi connectivity index (χ3n) is 7.81. The molecule has 1 heterocycles. The molecule has 0 fully saturated rings. The van der Waals surface area contributed by atoms with Gasteiger partial charge in [-0.1, -0.05) is 6.07 Å². The largest absolute Gasteiger partial charge is 0.508 e. The van der Waals surface area contributed by atoms with Gasteiger partial charge in [-0.2, -0.15) is 0 Å². The number of carbonyl (C=O) groups is 2. The van der Waals surface area contributed by atoms with Crippen LogP contribution in [0.25, 0.3) is 0 Å². The Morgan fingerprint density at radius 1 is 0.837 bits per heavy atom. The molecule has 5 rings (SSSR count). The Hall–Kier alpha value is -5.82. The molecule has 0 amide bonds. The lowest BCUT2D eigenvalue weighted by molar-refractivity contribution is -0.0515. The van der Waals surface area contributed by atoms with Crippen LogP contribution in [-0.2, 0) is 9.47 Å². The quantitative estimate of drug-likeness (QED) is 0.128. The van der Waals surface area contributed by atoms with Crippen molar-refractivity contribution in [2.24, 2.45) is 0 Å². The van der Waals surface area contributed by atoms with Crippen molar-refractivity contribution >= 4 is 11.8 Å². The smallest absolute Gasteiger partial charge is 0.338 e. The molecule has 49 heavy (non-hydrogen) atoms. The summed E-state index contributed by atoms with van der Waals surface area (Å²) in [5.74, 6) is -1.13. The first kappa shape index (κ1) is 34.5. The molecule has 0 saturated heterocycles. The highest BCUT2D eigenvalue weighted by molar-refractivity contribution is 6.02. The van der Waals surface area contributed by atoms with Crippen molar-refractivity contribution < 1.29 is 63.2 Å². The first-order valence-corrected chi connectivity index (χ1v) is 15.2. The number of Topliss-reactive ketones (excluding diaryl/α,β-unsaturated/α-hetero) is 1. The molecule has 0 unspecified atom stereocenters. The van der Waals surface area contributed by atoms with Gasteiger partial charge in [-0.05, 0) is 61.0 Å². The third kappa shape index (κ3) is 7.52. The van der Waals surface area contributed by atoms with Crippen LogP contribution >= 0.6 is 0 Å². The third-order valence-corrected chi connectivity index (χ3v) is 7.81. The highest BCUT2D eigenvalue weighted by Crippen LogP contribution is 2.46. The van der Waals surface area contributed by atoms with Gasteiger partial charge < -0.3 is 53.6 Å². The van der Waals surface area contributed by atoms with E-state index in [1.54, 1.807) is 31.2 Å². The number of fused-ring (bicyclic) bond motifs is 1. The highest BCUT2D eigenvalue weighted by atomic mass is 16.6. The number of methoxy groups -OCH3 is 3. The lowest BCUT2D eigenvalue weighted by Crippen LogP contribution is -2.33. The van der Waals surface area contributed by atoms with E-state index in [9.17, 15) is 30.0 Å². The van der Waals surface area contributed by atoms with Crippen molar-refractivity contribution in [1.29, 1.82) is 0 Å². The fraction of sp³-hybridized carbons (Fsp3) is 0.278. The number of hydrogen-bond donors (Lipinski definition) is 4. The molecule has 0 spiro atoms. The Morgan fingerprint density at radius 3 is 2.14 bits per heavy atom. The van der Waals surface area contributed by atoms with Crippen molar-refractivity contribution in [2.45, 2.75) is 31.7 Å². The second-order valence-corrected chi connectivity index (χ2v) is 10.9.